The number of aromatic nitrogens is 3. The Balaban J connectivity index is 1.26. The Morgan fingerprint density at radius 2 is 1.82 bits per heavy atom. The van der Waals surface area contributed by atoms with E-state index in [1.54, 1.807) is 21.3 Å². The zero-order valence-electron chi connectivity index (χ0n) is 22.5. The van der Waals surface area contributed by atoms with Gasteiger partial charge in [0.25, 0.3) is 0 Å². The van der Waals surface area contributed by atoms with E-state index in [-0.39, 0.29) is 31.0 Å². The number of carbonyl (C=O) groups excluding carboxylic acids is 3. The molecule has 0 radical (unpaired) electrons. The molecule has 210 valence electrons. The first-order valence-electron chi connectivity index (χ1n) is 13.9. The summed E-state index contributed by atoms with van der Waals surface area (Å²) >= 11 is 1.65. The molecule has 0 aliphatic carbocycles. The monoisotopic (exact) mass is 562 g/mol. The number of amides is 3. The highest BCUT2D eigenvalue weighted by Gasteiger charge is 2.76. The SMILES string of the molecule is C[C@@]12CCC3(S1)C(C(=O)NCn1nnc4ccccc41)N(CCCCO)C(=O)[C@@H]3[C@@H]2C(=O)NCc1ccccc1. The zero-order valence-corrected chi connectivity index (χ0v) is 23.3. The molecular formula is C29H34N6O4S. The van der Waals surface area contributed by atoms with Gasteiger partial charge in [0.1, 0.15) is 18.2 Å². The third kappa shape index (κ3) is 4.35. The van der Waals surface area contributed by atoms with Crippen molar-refractivity contribution in [2.45, 2.75) is 61.4 Å². The Hall–Kier alpha value is -3.44. The van der Waals surface area contributed by atoms with Crippen molar-refractivity contribution in [2.24, 2.45) is 11.8 Å². The normalized spacial score (nSPS) is 28.7. The van der Waals surface area contributed by atoms with Crippen molar-refractivity contribution < 1.29 is 19.5 Å². The van der Waals surface area contributed by atoms with Crippen molar-refractivity contribution in [2.75, 3.05) is 13.2 Å². The number of rotatable bonds is 10. The predicted octanol–water partition coefficient (Wildman–Crippen LogP) is 2.08. The van der Waals surface area contributed by atoms with Gasteiger partial charge in [-0.05, 0) is 50.3 Å². The van der Waals surface area contributed by atoms with Gasteiger partial charge < -0.3 is 20.6 Å². The molecule has 3 saturated heterocycles. The smallest absolute Gasteiger partial charge is 0.245 e. The Labute approximate surface area is 236 Å². The van der Waals surface area contributed by atoms with Crippen molar-refractivity contribution in [1.29, 1.82) is 0 Å². The van der Waals surface area contributed by atoms with Crippen LogP contribution in [0.1, 0.15) is 38.2 Å². The van der Waals surface area contributed by atoms with Crippen molar-refractivity contribution in [3.8, 4) is 0 Å². The summed E-state index contributed by atoms with van der Waals surface area (Å²) in [5.41, 5.74) is 2.53. The van der Waals surface area contributed by atoms with Gasteiger partial charge in [-0.1, -0.05) is 47.7 Å². The second kappa shape index (κ2) is 10.5. The molecule has 3 aromatic rings. The average molecular weight is 563 g/mol. The van der Waals surface area contributed by atoms with Crippen LogP contribution in [0, 0.1) is 11.8 Å². The molecule has 10 nitrogen and oxygen atoms in total. The lowest BCUT2D eigenvalue weighted by molar-refractivity contribution is -0.140. The minimum absolute atomic E-state index is 0.0180. The quantitative estimate of drug-likeness (QED) is 0.323. The summed E-state index contributed by atoms with van der Waals surface area (Å²) in [6.07, 6.45) is 2.56. The van der Waals surface area contributed by atoms with Crippen LogP contribution in [0.15, 0.2) is 54.6 Å². The lowest BCUT2D eigenvalue weighted by Gasteiger charge is -2.34. The highest BCUT2D eigenvalue weighted by molar-refractivity contribution is 8.02. The van der Waals surface area contributed by atoms with Gasteiger partial charge >= 0.3 is 0 Å². The van der Waals surface area contributed by atoms with Crippen LogP contribution in [0.3, 0.4) is 0 Å². The van der Waals surface area contributed by atoms with Gasteiger partial charge in [-0.25, -0.2) is 4.68 Å². The van der Waals surface area contributed by atoms with Gasteiger partial charge in [0, 0.05) is 24.4 Å². The summed E-state index contributed by atoms with van der Waals surface area (Å²) in [5.74, 6) is -1.63. The minimum atomic E-state index is -0.711. The van der Waals surface area contributed by atoms with Crippen LogP contribution in [0.5, 0.6) is 0 Å². The number of hydrogen-bond donors (Lipinski definition) is 3. The van der Waals surface area contributed by atoms with Crippen LogP contribution in [0.25, 0.3) is 11.0 Å². The summed E-state index contributed by atoms with van der Waals surface area (Å²) in [6.45, 7) is 2.96. The highest BCUT2D eigenvalue weighted by Crippen LogP contribution is 2.71. The maximum Gasteiger partial charge on any atom is 0.245 e. The first-order chi connectivity index (χ1) is 19.4. The van der Waals surface area contributed by atoms with Gasteiger partial charge in [-0.3, -0.25) is 14.4 Å². The van der Waals surface area contributed by atoms with E-state index in [4.69, 9.17) is 0 Å². The second-order valence-electron chi connectivity index (χ2n) is 11.2. The predicted molar refractivity (Wildman–Crippen MR) is 151 cm³/mol. The first-order valence-corrected chi connectivity index (χ1v) is 14.7. The fourth-order valence-electron chi connectivity index (χ4n) is 6.94. The number of carbonyl (C=O) groups is 3. The van der Waals surface area contributed by atoms with E-state index in [2.05, 4.69) is 27.9 Å². The van der Waals surface area contributed by atoms with Crippen LogP contribution in [0.4, 0.5) is 0 Å². The minimum Gasteiger partial charge on any atom is -0.396 e. The number of hydrogen-bond acceptors (Lipinski definition) is 7. The topological polar surface area (TPSA) is 129 Å². The molecule has 6 rings (SSSR count). The van der Waals surface area contributed by atoms with Crippen LogP contribution in [0.2, 0.25) is 0 Å². The fourth-order valence-corrected chi connectivity index (χ4v) is 9.30. The lowest BCUT2D eigenvalue weighted by Crippen LogP contribution is -2.54. The molecule has 40 heavy (non-hydrogen) atoms. The number of unbranched alkanes of at least 4 members (excludes halogenated alkanes) is 1. The number of likely N-dealkylation sites (tertiary alicyclic amines) is 1. The number of aliphatic hydroxyl groups excluding tert-OH is 1. The molecule has 2 bridgehead atoms. The number of nitrogens with zero attached hydrogens (tertiary/aromatic N) is 4. The van der Waals surface area contributed by atoms with Gasteiger partial charge in [0.2, 0.25) is 17.7 Å². The molecule has 11 heteroatoms. The van der Waals surface area contributed by atoms with E-state index in [0.29, 0.717) is 32.4 Å². The van der Waals surface area contributed by atoms with Crippen molar-refractivity contribution in [3.05, 3.63) is 60.2 Å². The van der Waals surface area contributed by atoms with Crippen LogP contribution < -0.4 is 10.6 Å². The molecular weight excluding hydrogens is 528 g/mol. The molecule has 3 N–H and O–H groups in total. The van der Waals surface area contributed by atoms with Gasteiger partial charge in [0.05, 0.1) is 22.1 Å². The Morgan fingerprint density at radius 3 is 2.62 bits per heavy atom. The van der Waals surface area contributed by atoms with E-state index in [9.17, 15) is 19.5 Å². The van der Waals surface area contributed by atoms with Crippen LogP contribution in [-0.2, 0) is 27.6 Å². The third-order valence-corrected chi connectivity index (χ3v) is 10.7. The van der Waals surface area contributed by atoms with Gasteiger partial charge in [-0.2, -0.15) is 0 Å². The number of para-hydroxylation sites is 1. The summed E-state index contributed by atoms with van der Waals surface area (Å²) in [7, 11) is 0. The maximum absolute atomic E-state index is 14.1. The molecule has 2 unspecified atom stereocenters. The molecule has 1 aromatic heterocycles. The Bertz CT molecular complexity index is 1430. The summed E-state index contributed by atoms with van der Waals surface area (Å²) in [5, 5.41) is 23.8. The summed E-state index contributed by atoms with van der Waals surface area (Å²) in [6, 6.07) is 16.5. The number of aliphatic hydroxyl groups is 1. The van der Waals surface area contributed by atoms with Gasteiger partial charge in [-0.15, -0.1) is 16.9 Å². The fraction of sp³-hybridized carbons (Fsp3) is 0.483. The van der Waals surface area contributed by atoms with E-state index in [1.807, 2.05) is 54.6 Å². The van der Waals surface area contributed by atoms with Crippen LogP contribution >= 0.6 is 11.8 Å². The molecule has 3 aliphatic rings. The Morgan fingerprint density at radius 1 is 1.05 bits per heavy atom. The van der Waals surface area contributed by atoms with Crippen molar-refractivity contribution in [3.63, 3.8) is 0 Å². The van der Waals surface area contributed by atoms with Crippen LogP contribution in [-0.4, -0.2) is 71.4 Å². The van der Waals surface area contributed by atoms with E-state index in [1.165, 1.54) is 0 Å². The second-order valence-corrected chi connectivity index (χ2v) is 13.1. The molecule has 0 saturated carbocycles. The number of benzene rings is 2. The number of thioether (sulfide) groups is 1. The molecule has 3 fully saturated rings. The molecule has 3 aliphatic heterocycles. The molecule has 5 atom stereocenters. The first kappa shape index (κ1) is 26.8. The number of fused-ring (bicyclic) bond motifs is 2. The lowest BCUT2D eigenvalue weighted by atomic mass is 9.66. The third-order valence-electron chi connectivity index (χ3n) is 8.75. The maximum atomic E-state index is 14.1. The zero-order chi connectivity index (χ0) is 27.9. The number of nitrogens with one attached hydrogen (secondary N) is 2. The largest absolute Gasteiger partial charge is 0.396 e. The van der Waals surface area contributed by atoms with E-state index in [0.717, 1.165) is 23.0 Å². The van der Waals surface area contributed by atoms with E-state index < -0.39 is 27.4 Å². The summed E-state index contributed by atoms with van der Waals surface area (Å²) < 4.78 is 0.517. The van der Waals surface area contributed by atoms with Crippen molar-refractivity contribution >= 4 is 40.5 Å². The molecule has 3 amide bonds. The highest BCUT2D eigenvalue weighted by atomic mass is 32.2. The standard InChI is InChI=1S/C29H34N6O4S/c1-28-13-14-29(40-28)23(22(28)25(37)30-17-19-9-3-2-4-10-19)27(39)34(15-7-8-16-36)24(29)26(38)31-18-35-21-12-6-5-11-20(21)32-33-35/h2-6,9-12,22-24,36H,7-8,13-18H2,1H3,(H,30,37)(H,31,38)/t22-,23+,24?,28+,29?/m1/s1. The Kier molecular flexibility index (Phi) is 7.03. The van der Waals surface area contributed by atoms with Crippen molar-refractivity contribution in [1.82, 2.24) is 30.5 Å². The van der Waals surface area contributed by atoms with Gasteiger partial charge in [0.15, 0.2) is 0 Å². The molecule has 1 spiro atoms. The molecule has 4 heterocycles. The van der Waals surface area contributed by atoms with E-state index >= 15 is 0 Å². The molecule has 2 aromatic carbocycles. The summed E-state index contributed by atoms with van der Waals surface area (Å²) in [4.78, 5) is 43.4. The average Bonchev–Trinajstić information content (AvgIpc) is 3.67.